The van der Waals surface area contributed by atoms with E-state index in [2.05, 4.69) is 42.4 Å². The molecule has 0 aromatic heterocycles. The van der Waals surface area contributed by atoms with Crippen molar-refractivity contribution in [2.24, 2.45) is 5.10 Å². The largest absolute Gasteiger partial charge is 0.422 e. The van der Waals surface area contributed by atoms with Crippen LogP contribution in [0.4, 0.5) is 0 Å². The maximum atomic E-state index is 12.4. The number of ether oxygens (including phenoxy) is 1. The van der Waals surface area contributed by atoms with E-state index >= 15 is 0 Å². The van der Waals surface area contributed by atoms with Gasteiger partial charge in [0.2, 0.25) is 0 Å². The van der Waals surface area contributed by atoms with Crippen molar-refractivity contribution in [3.05, 3.63) is 97.9 Å². The summed E-state index contributed by atoms with van der Waals surface area (Å²) in [6, 6.07) is 19.2. The highest BCUT2D eigenvalue weighted by atomic mass is 79.9. The number of hydrogen-bond acceptors (Lipinski definition) is 4. The first kappa shape index (κ1) is 21.0. The molecule has 7 heteroatoms. The first-order chi connectivity index (χ1) is 13.9. The fraction of sp³-hybridized carbons (Fsp3) is 0.0455. The van der Waals surface area contributed by atoms with Crippen molar-refractivity contribution < 1.29 is 14.3 Å². The zero-order valence-electron chi connectivity index (χ0n) is 15.4. The molecule has 0 radical (unpaired) electrons. The molecule has 0 aliphatic heterocycles. The van der Waals surface area contributed by atoms with E-state index in [1.165, 1.54) is 6.21 Å². The van der Waals surface area contributed by atoms with Crippen LogP contribution in [-0.2, 0) is 0 Å². The standard InChI is InChI=1S/C22H16Br2N2O3/c1-14-3-2-4-16(11-14)22(28)29-20-10-9-19(24)12-17(20)13-25-26-21(27)15-5-7-18(23)8-6-15/h2-13H,1H3,(H,26,27)/b25-13-. The maximum Gasteiger partial charge on any atom is 0.343 e. The minimum Gasteiger partial charge on any atom is -0.422 e. The SMILES string of the molecule is Cc1cccc(C(=O)Oc2ccc(Br)cc2/C=N\NC(=O)c2ccc(Br)cc2)c1. The predicted octanol–water partition coefficient (Wildman–Crippen LogP) is 5.50. The third kappa shape index (κ3) is 5.85. The number of hydrogen-bond donors (Lipinski definition) is 1. The smallest absolute Gasteiger partial charge is 0.343 e. The molecule has 0 aliphatic carbocycles. The van der Waals surface area contributed by atoms with Crippen molar-refractivity contribution in [3.63, 3.8) is 0 Å². The van der Waals surface area contributed by atoms with Gasteiger partial charge in [-0.25, -0.2) is 10.2 Å². The minimum atomic E-state index is -0.468. The van der Waals surface area contributed by atoms with Crippen molar-refractivity contribution in [3.8, 4) is 5.75 Å². The van der Waals surface area contributed by atoms with Crippen molar-refractivity contribution in [1.82, 2.24) is 5.43 Å². The quantitative estimate of drug-likeness (QED) is 0.211. The number of esters is 1. The Morgan fingerprint density at radius 2 is 1.66 bits per heavy atom. The van der Waals surface area contributed by atoms with Crippen LogP contribution in [0.25, 0.3) is 0 Å². The van der Waals surface area contributed by atoms with Crippen LogP contribution in [0.5, 0.6) is 5.75 Å². The molecule has 0 saturated heterocycles. The second-order valence-corrected chi connectivity index (χ2v) is 7.98. The van der Waals surface area contributed by atoms with Crippen molar-refractivity contribution >= 4 is 50.0 Å². The predicted molar refractivity (Wildman–Crippen MR) is 119 cm³/mol. The topological polar surface area (TPSA) is 67.8 Å². The molecule has 0 atom stereocenters. The average Bonchev–Trinajstić information content (AvgIpc) is 2.70. The molecule has 5 nitrogen and oxygen atoms in total. The third-order valence-electron chi connectivity index (χ3n) is 3.90. The number of amides is 1. The normalized spacial score (nSPS) is 10.7. The lowest BCUT2D eigenvalue weighted by atomic mass is 10.1. The Kier molecular flexibility index (Phi) is 6.95. The molecule has 3 aromatic carbocycles. The lowest BCUT2D eigenvalue weighted by molar-refractivity contribution is 0.0734. The van der Waals surface area contributed by atoms with Gasteiger partial charge in [-0.15, -0.1) is 0 Å². The summed E-state index contributed by atoms with van der Waals surface area (Å²) in [4.78, 5) is 24.6. The second kappa shape index (κ2) is 9.62. The minimum absolute atomic E-state index is 0.335. The molecule has 3 aromatic rings. The summed E-state index contributed by atoms with van der Waals surface area (Å²) in [5, 5.41) is 3.99. The lowest BCUT2D eigenvalue weighted by Crippen LogP contribution is -2.17. The van der Waals surface area contributed by atoms with Crippen LogP contribution in [0, 0.1) is 6.92 Å². The summed E-state index contributed by atoms with van der Waals surface area (Å²) in [5.74, 6) is -0.479. The molecule has 146 valence electrons. The molecular formula is C22H16Br2N2O3. The number of hydrazone groups is 1. The average molecular weight is 516 g/mol. The summed E-state index contributed by atoms with van der Waals surface area (Å²) in [7, 11) is 0. The lowest BCUT2D eigenvalue weighted by Gasteiger charge is -2.08. The van der Waals surface area contributed by atoms with Crippen LogP contribution in [0.2, 0.25) is 0 Å². The van der Waals surface area contributed by atoms with Gasteiger partial charge in [-0.3, -0.25) is 4.79 Å². The van der Waals surface area contributed by atoms with Gasteiger partial charge in [0.1, 0.15) is 5.75 Å². The zero-order valence-corrected chi connectivity index (χ0v) is 18.5. The molecule has 0 saturated carbocycles. The summed E-state index contributed by atoms with van der Waals surface area (Å²) >= 11 is 6.71. The molecule has 1 amide bonds. The van der Waals surface area contributed by atoms with Gasteiger partial charge in [0.15, 0.2) is 0 Å². The van der Waals surface area contributed by atoms with E-state index in [4.69, 9.17) is 4.74 Å². The summed E-state index contributed by atoms with van der Waals surface area (Å²) in [6.45, 7) is 1.91. The third-order valence-corrected chi connectivity index (χ3v) is 4.93. The van der Waals surface area contributed by atoms with Gasteiger partial charge in [0.05, 0.1) is 11.8 Å². The first-order valence-corrected chi connectivity index (χ1v) is 10.2. The monoisotopic (exact) mass is 514 g/mol. The Hall–Kier alpha value is -2.77. The Balaban J connectivity index is 1.74. The van der Waals surface area contributed by atoms with Gasteiger partial charge < -0.3 is 4.74 Å². The van der Waals surface area contributed by atoms with Gasteiger partial charge in [0.25, 0.3) is 5.91 Å². The second-order valence-electron chi connectivity index (χ2n) is 6.15. The molecule has 3 rings (SSSR count). The number of carbonyl (C=O) groups excluding carboxylic acids is 2. The van der Waals surface area contributed by atoms with E-state index in [9.17, 15) is 9.59 Å². The van der Waals surface area contributed by atoms with Crippen LogP contribution in [0.15, 0.2) is 80.8 Å². The summed E-state index contributed by atoms with van der Waals surface area (Å²) in [5.41, 5.74) is 4.90. The highest BCUT2D eigenvalue weighted by Crippen LogP contribution is 2.23. The molecule has 0 unspecified atom stereocenters. The Morgan fingerprint density at radius 1 is 0.931 bits per heavy atom. The van der Waals surface area contributed by atoms with Crippen LogP contribution >= 0.6 is 31.9 Å². The summed E-state index contributed by atoms with van der Waals surface area (Å²) in [6.07, 6.45) is 1.43. The van der Waals surface area contributed by atoms with E-state index in [-0.39, 0.29) is 5.91 Å². The fourth-order valence-corrected chi connectivity index (χ4v) is 3.11. The highest BCUT2D eigenvalue weighted by molar-refractivity contribution is 9.10. The Morgan fingerprint density at radius 3 is 2.38 bits per heavy atom. The van der Waals surface area contributed by atoms with Gasteiger partial charge in [-0.2, -0.15) is 5.10 Å². The Labute approximate surface area is 185 Å². The van der Waals surface area contributed by atoms with Crippen LogP contribution in [0.3, 0.4) is 0 Å². The molecule has 0 aliphatic rings. The number of halogens is 2. The van der Waals surface area contributed by atoms with Gasteiger partial charge in [0, 0.05) is 20.1 Å². The molecule has 29 heavy (non-hydrogen) atoms. The molecule has 0 spiro atoms. The Bertz CT molecular complexity index is 1080. The number of aryl methyl sites for hydroxylation is 1. The van der Waals surface area contributed by atoms with E-state index in [0.29, 0.717) is 22.4 Å². The van der Waals surface area contributed by atoms with Gasteiger partial charge in [-0.1, -0.05) is 49.6 Å². The van der Waals surface area contributed by atoms with E-state index < -0.39 is 5.97 Å². The van der Waals surface area contributed by atoms with Crippen molar-refractivity contribution in [2.45, 2.75) is 6.92 Å². The molecular weight excluding hydrogens is 500 g/mol. The number of rotatable bonds is 5. The van der Waals surface area contributed by atoms with E-state index in [1.54, 1.807) is 60.7 Å². The van der Waals surface area contributed by atoms with Crippen molar-refractivity contribution in [2.75, 3.05) is 0 Å². The van der Waals surface area contributed by atoms with Crippen molar-refractivity contribution in [1.29, 1.82) is 0 Å². The number of nitrogens with zero attached hydrogens (tertiary/aromatic N) is 1. The first-order valence-electron chi connectivity index (χ1n) is 8.60. The molecule has 1 N–H and O–H groups in total. The van der Waals surface area contributed by atoms with Crippen LogP contribution in [-0.4, -0.2) is 18.1 Å². The molecule has 0 bridgehead atoms. The van der Waals surface area contributed by atoms with Crippen LogP contribution in [0.1, 0.15) is 31.8 Å². The number of nitrogens with one attached hydrogen (secondary N) is 1. The number of benzene rings is 3. The zero-order chi connectivity index (χ0) is 20.8. The molecule has 0 fully saturated rings. The van der Waals surface area contributed by atoms with Gasteiger partial charge >= 0.3 is 5.97 Å². The van der Waals surface area contributed by atoms with E-state index in [0.717, 1.165) is 14.5 Å². The highest BCUT2D eigenvalue weighted by Gasteiger charge is 2.12. The fourth-order valence-electron chi connectivity index (χ4n) is 2.47. The van der Waals surface area contributed by atoms with Crippen LogP contribution < -0.4 is 10.2 Å². The number of carbonyl (C=O) groups is 2. The van der Waals surface area contributed by atoms with E-state index in [1.807, 2.05) is 13.0 Å². The van der Waals surface area contributed by atoms with Gasteiger partial charge in [-0.05, 0) is 61.5 Å². The summed E-state index contributed by atoms with van der Waals surface area (Å²) < 4.78 is 7.19. The molecule has 0 heterocycles. The maximum absolute atomic E-state index is 12.4.